The molecule has 0 aliphatic heterocycles. The fraction of sp³-hybridized carbons (Fsp3) is 0.250. The molecule has 0 unspecified atom stereocenters. The molecule has 0 aliphatic carbocycles. The van der Waals surface area contributed by atoms with Gasteiger partial charge >= 0.3 is 5.51 Å². The van der Waals surface area contributed by atoms with E-state index in [1.807, 2.05) is 52.0 Å². The predicted molar refractivity (Wildman–Crippen MR) is 97.6 cm³/mol. The number of allylic oxidation sites excluding steroid dienone is 1. The molecule has 0 atom stereocenters. The molecule has 1 nitrogen and oxygen atoms in total. The van der Waals surface area contributed by atoms with Crippen molar-refractivity contribution in [1.29, 1.82) is 0 Å². The highest BCUT2D eigenvalue weighted by Gasteiger charge is 2.32. The molecule has 0 amide bonds. The van der Waals surface area contributed by atoms with Crippen LogP contribution < -0.4 is 0 Å². The lowest BCUT2D eigenvalue weighted by atomic mass is 9.90. The molecule has 0 saturated heterocycles. The molecule has 2 aromatic carbocycles. The first-order valence-electron chi connectivity index (χ1n) is 7.73. The number of alkyl halides is 3. The van der Waals surface area contributed by atoms with Crippen LogP contribution >= 0.6 is 11.8 Å². The standard InChI is InChI=1S/C20H19F3OS/c1-12-5-7-16(14(3)9-12)19(18(11-24)25-20(21,22)23)17-8-6-13(2)10-15(17)4/h5-11H,1-4H3. The highest BCUT2D eigenvalue weighted by molar-refractivity contribution is 8.04. The Morgan fingerprint density at radius 2 is 1.32 bits per heavy atom. The molecule has 0 spiro atoms. The van der Waals surface area contributed by atoms with Crippen LogP contribution in [0.15, 0.2) is 41.3 Å². The number of thioether (sulfide) groups is 1. The van der Waals surface area contributed by atoms with Crippen molar-refractivity contribution in [3.8, 4) is 0 Å². The first kappa shape index (κ1) is 19.3. The fourth-order valence-electron chi connectivity index (χ4n) is 2.86. The quantitative estimate of drug-likeness (QED) is 0.479. The van der Waals surface area contributed by atoms with Gasteiger partial charge in [0.1, 0.15) is 0 Å². The zero-order chi connectivity index (χ0) is 18.8. The van der Waals surface area contributed by atoms with E-state index in [4.69, 9.17) is 0 Å². The monoisotopic (exact) mass is 364 g/mol. The topological polar surface area (TPSA) is 17.1 Å². The smallest absolute Gasteiger partial charge is 0.297 e. The summed E-state index contributed by atoms with van der Waals surface area (Å²) in [6, 6.07) is 11.0. The van der Waals surface area contributed by atoms with Gasteiger partial charge in [-0.3, -0.25) is 4.79 Å². The first-order valence-corrected chi connectivity index (χ1v) is 8.54. The third kappa shape index (κ3) is 4.75. The van der Waals surface area contributed by atoms with Crippen LogP contribution in [0.3, 0.4) is 0 Å². The SMILES string of the molecule is Cc1ccc(C(=C(C=O)SC(F)(F)F)c2ccc(C)cc2C)c(C)c1. The molecule has 0 bridgehead atoms. The molecule has 2 aromatic rings. The van der Waals surface area contributed by atoms with Gasteiger partial charge in [0.25, 0.3) is 0 Å². The molecule has 0 heterocycles. The summed E-state index contributed by atoms with van der Waals surface area (Å²) in [7, 11) is 0. The van der Waals surface area contributed by atoms with Gasteiger partial charge in [-0.1, -0.05) is 47.5 Å². The van der Waals surface area contributed by atoms with E-state index in [1.54, 1.807) is 12.1 Å². The summed E-state index contributed by atoms with van der Waals surface area (Å²) < 4.78 is 39.0. The lowest BCUT2D eigenvalue weighted by Gasteiger charge is -2.18. The Balaban J connectivity index is 2.81. The number of hydrogen-bond acceptors (Lipinski definition) is 2. The highest BCUT2D eigenvalue weighted by Crippen LogP contribution is 2.42. The zero-order valence-electron chi connectivity index (χ0n) is 14.5. The Labute approximate surface area is 149 Å². The van der Waals surface area contributed by atoms with E-state index in [2.05, 4.69) is 0 Å². The van der Waals surface area contributed by atoms with E-state index in [0.717, 1.165) is 22.3 Å². The summed E-state index contributed by atoms with van der Waals surface area (Å²) >= 11 is -0.363. The van der Waals surface area contributed by atoms with Crippen molar-refractivity contribution >= 4 is 23.6 Å². The van der Waals surface area contributed by atoms with E-state index >= 15 is 0 Å². The molecule has 0 fully saturated rings. The number of carbonyl (C=O) groups is 1. The molecular weight excluding hydrogens is 345 g/mol. The molecule has 0 N–H and O–H groups in total. The van der Waals surface area contributed by atoms with Crippen LogP contribution in [0.5, 0.6) is 0 Å². The maximum atomic E-state index is 13.0. The van der Waals surface area contributed by atoms with Crippen molar-refractivity contribution in [3.05, 3.63) is 74.7 Å². The lowest BCUT2D eigenvalue weighted by Crippen LogP contribution is -2.05. The van der Waals surface area contributed by atoms with Gasteiger partial charge in [0.2, 0.25) is 0 Å². The molecule has 5 heteroatoms. The maximum Gasteiger partial charge on any atom is 0.446 e. The van der Waals surface area contributed by atoms with Crippen LogP contribution in [-0.2, 0) is 4.79 Å². The van der Waals surface area contributed by atoms with Crippen LogP contribution in [0.25, 0.3) is 5.57 Å². The van der Waals surface area contributed by atoms with Crippen molar-refractivity contribution in [1.82, 2.24) is 0 Å². The summed E-state index contributed by atoms with van der Waals surface area (Å²) in [6.07, 6.45) is 0.298. The number of halogens is 3. The Hall–Kier alpha value is -2.01. The van der Waals surface area contributed by atoms with Crippen molar-refractivity contribution in [3.63, 3.8) is 0 Å². The molecule has 0 radical (unpaired) electrons. The van der Waals surface area contributed by atoms with E-state index in [9.17, 15) is 18.0 Å². The van der Waals surface area contributed by atoms with E-state index in [0.29, 0.717) is 23.0 Å². The van der Waals surface area contributed by atoms with Gasteiger partial charge < -0.3 is 0 Å². The number of hydrogen-bond donors (Lipinski definition) is 0. The molecular formula is C20H19F3OS. The van der Waals surface area contributed by atoms with Crippen molar-refractivity contribution < 1.29 is 18.0 Å². The van der Waals surface area contributed by atoms with Crippen molar-refractivity contribution in [2.45, 2.75) is 33.2 Å². The second-order valence-corrected chi connectivity index (χ2v) is 7.15. The van der Waals surface area contributed by atoms with Crippen molar-refractivity contribution in [2.75, 3.05) is 0 Å². The number of benzene rings is 2. The molecule has 2 rings (SSSR count). The Kier molecular flexibility index (Phi) is 5.78. The number of aryl methyl sites for hydroxylation is 4. The van der Waals surface area contributed by atoms with Crippen LogP contribution in [0.4, 0.5) is 13.2 Å². The van der Waals surface area contributed by atoms with Crippen LogP contribution in [-0.4, -0.2) is 11.8 Å². The normalized spacial score (nSPS) is 11.3. The summed E-state index contributed by atoms with van der Waals surface area (Å²) in [6.45, 7) is 7.52. The van der Waals surface area contributed by atoms with Gasteiger partial charge in [-0.25, -0.2) is 0 Å². The zero-order valence-corrected chi connectivity index (χ0v) is 15.3. The molecule has 0 saturated carbocycles. The number of rotatable bonds is 4. The van der Waals surface area contributed by atoms with Gasteiger partial charge in [-0.05, 0) is 61.7 Å². The predicted octanol–water partition coefficient (Wildman–Crippen LogP) is 6.13. The third-order valence-corrected chi connectivity index (χ3v) is 4.63. The van der Waals surface area contributed by atoms with Crippen LogP contribution in [0.2, 0.25) is 0 Å². The summed E-state index contributed by atoms with van der Waals surface area (Å²) in [4.78, 5) is 11.2. The minimum atomic E-state index is -4.53. The van der Waals surface area contributed by atoms with E-state index in [-0.39, 0.29) is 16.7 Å². The fourth-order valence-corrected chi connectivity index (χ4v) is 3.48. The second kappa shape index (κ2) is 7.48. The second-order valence-electron chi connectivity index (χ2n) is 6.04. The molecule has 25 heavy (non-hydrogen) atoms. The van der Waals surface area contributed by atoms with Crippen molar-refractivity contribution in [2.24, 2.45) is 0 Å². The largest absolute Gasteiger partial charge is 0.446 e. The molecule has 132 valence electrons. The number of aldehydes is 1. The summed E-state index contributed by atoms with van der Waals surface area (Å²) in [5, 5.41) is 0. The van der Waals surface area contributed by atoms with E-state index in [1.165, 1.54) is 0 Å². The minimum Gasteiger partial charge on any atom is -0.297 e. The average molecular weight is 364 g/mol. The third-order valence-electron chi connectivity index (χ3n) is 3.88. The highest BCUT2D eigenvalue weighted by atomic mass is 32.2. The maximum absolute atomic E-state index is 13.0. The van der Waals surface area contributed by atoms with Crippen LogP contribution in [0.1, 0.15) is 33.4 Å². The van der Waals surface area contributed by atoms with Gasteiger partial charge in [0, 0.05) is 5.57 Å². The number of carbonyl (C=O) groups excluding carboxylic acids is 1. The molecule has 0 aliphatic rings. The minimum absolute atomic E-state index is 0.298. The van der Waals surface area contributed by atoms with Gasteiger partial charge in [-0.15, -0.1) is 0 Å². The van der Waals surface area contributed by atoms with Gasteiger partial charge in [-0.2, -0.15) is 13.2 Å². The summed E-state index contributed by atoms with van der Waals surface area (Å²) in [5.74, 6) is 0. The van der Waals surface area contributed by atoms with E-state index < -0.39 is 5.51 Å². The Bertz CT molecular complexity index is 782. The van der Waals surface area contributed by atoms with Crippen LogP contribution in [0, 0.1) is 27.7 Å². The van der Waals surface area contributed by atoms with Gasteiger partial charge in [0.05, 0.1) is 4.91 Å². The summed E-state index contributed by atoms with van der Waals surface area (Å²) in [5.41, 5.74) is 0.752. The Morgan fingerprint density at radius 1 is 0.880 bits per heavy atom. The molecule has 0 aromatic heterocycles. The lowest BCUT2D eigenvalue weighted by molar-refractivity contribution is -0.104. The average Bonchev–Trinajstić information content (AvgIpc) is 2.48. The Morgan fingerprint density at radius 3 is 1.64 bits per heavy atom. The van der Waals surface area contributed by atoms with Gasteiger partial charge in [0.15, 0.2) is 6.29 Å². The first-order chi connectivity index (χ1) is 11.6.